The Labute approximate surface area is 107 Å². The zero-order chi connectivity index (χ0) is 13.4. The highest BCUT2D eigenvalue weighted by molar-refractivity contribution is 5.63. The molecule has 0 bridgehead atoms. The van der Waals surface area contributed by atoms with Gasteiger partial charge in [0.05, 0.1) is 0 Å². The number of anilines is 1. The number of nitrogens with zero attached hydrogens (tertiary/aromatic N) is 5. The van der Waals surface area contributed by atoms with Crippen molar-refractivity contribution in [3.8, 4) is 23.0 Å². The van der Waals surface area contributed by atoms with Crippen molar-refractivity contribution in [2.24, 2.45) is 0 Å². The summed E-state index contributed by atoms with van der Waals surface area (Å²) in [6.45, 7) is 3.80. The monoisotopic (exact) mass is 258 g/mol. The molecule has 0 radical (unpaired) electrons. The molecule has 0 aliphatic rings. The molecule has 0 aromatic carbocycles. The van der Waals surface area contributed by atoms with E-state index in [-0.39, 0.29) is 17.4 Å². The summed E-state index contributed by atoms with van der Waals surface area (Å²) < 4.78 is 9.59. The van der Waals surface area contributed by atoms with Crippen molar-refractivity contribution < 1.29 is 9.15 Å². The van der Waals surface area contributed by atoms with Crippen molar-refractivity contribution in [2.75, 3.05) is 5.73 Å². The Kier molecular flexibility index (Phi) is 2.48. The second-order valence-corrected chi connectivity index (χ2v) is 4.06. The number of nitrogens with two attached hydrogens (primary N) is 1. The van der Waals surface area contributed by atoms with Crippen LogP contribution in [0.3, 0.4) is 0 Å². The summed E-state index contributed by atoms with van der Waals surface area (Å²) >= 11 is 0. The first-order valence-electron chi connectivity index (χ1n) is 5.51. The number of aryl methyl sites for hydroxylation is 2. The molecule has 3 aromatic rings. The van der Waals surface area contributed by atoms with Crippen molar-refractivity contribution in [1.82, 2.24) is 25.4 Å². The first-order chi connectivity index (χ1) is 9.13. The molecule has 0 saturated heterocycles. The lowest BCUT2D eigenvalue weighted by Crippen LogP contribution is -1.90. The molecule has 0 aliphatic carbocycles. The number of rotatable bonds is 2. The lowest BCUT2D eigenvalue weighted by Gasteiger charge is -1.98. The standard InChI is InChI=1S/C11H10N6O2/c1-5-3-7(4-6(2)13-5)10-14-11(18-17-10)8-9(12)16-19-15-8/h3-4H,1-2H3,(H2,12,16). The minimum atomic E-state index is 0.109. The second-order valence-electron chi connectivity index (χ2n) is 4.06. The maximum Gasteiger partial charge on any atom is 0.284 e. The summed E-state index contributed by atoms with van der Waals surface area (Å²) in [6.07, 6.45) is 0. The highest BCUT2D eigenvalue weighted by Gasteiger charge is 2.18. The molecule has 2 N–H and O–H groups in total. The first-order valence-corrected chi connectivity index (χ1v) is 5.51. The minimum absolute atomic E-state index is 0.109. The predicted molar refractivity (Wildman–Crippen MR) is 64.7 cm³/mol. The Morgan fingerprint density at radius 3 is 2.37 bits per heavy atom. The topological polar surface area (TPSA) is 117 Å². The fourth-order valence-corrected chi connectivity index (χ4v) is 1.74. The van der Waals surface area contributed by atoms with Gasteiger partial charge in [0.25, 0.3) is 5.89 Å². The average Bonchev–Trinajstić information content (AvgIpc) is 2.95. The highest BCUT2D eigenvalue weighted by atomic mass is 16.6. The maximum absolute atomic E-state index is 5.56. The van der Waals surface area contributed by atoms with Gasteiger partial charge in [-0.2, -0.15) is 4.98 Å². The van der Waals surface area contributed by atoms with E-state index in [4.69, 9.17) is 10.3 Å². The van der Waals surface area contributed by atoms with Crippen LogP contribution in [-0.2, 0) is 0 Å². The van der Waals surface area contributed by atoms with E-state index in [1.54, 1.807) is 0 Å². The molecule has 0 atom stereocenters. The molecule has 3 heterocycles. The molecule has 0 spiro atoms. The van der Waals surface area contributed by atoms with Crippen molar-refractivity contribution in [3.05, 3.63) is 23.5 Å². The SMILES string of the molecule is Cc1cc(-c2noc(-c3nonc3N)n2)cc(C)n1. The van der Waals surface area contributed by atoms with Crippen LogP contribution in [0.1, 0.15) is 11.4 Å². The van der Waals surface area contributed by atoms with Crippen LogP contribution >= 0.6 is 0 Å². The fraction of sp³-hybridized carbons (Fsp3) is 0.182. The number of aromatic nitrogens is 5. The highest BCUT2D eigenvalue weighted by Crippen LogP contribution is 2.24. The van der Waals surface area contributed by atoms with Crippen molar-refractivity contribution in [1.29, 1.82) is 0 Å². The van der Waals surface area contributed by atoms with Crippen LogP contribution in [0.25, 0.3) is 23.0 Å². The third-order valence-electron chi connectivity index (χ3n) is 2.48. The van der Waals surface area contributed by atoms with Gasteiger partial charge in [-0.15, -0.1) is 0 Å². The van der Waals surface area contributed by atoms with Crippen LogP contribution in [0, 0.1) is 13.8 Å². The van der Waals surface area contributed by atoms with Gasteiger partial charge in [-0.05, 0) is 36.3 Å². The normalized spacial score (nSPS) is 10.8. The van der Waals surface area contributed by atoms with Crippen LogP contribution < -0.4 is 5.73 Å². The van der Waals surface area contributed by atoms with Gasteiger partial charge in [-0.1, -0.05) is 5.16 Å². The molecule has 0 aliphatic heterocycles. The van der Waals surface area contributed by atoms with Gasteiger partial charge in [0.2, 0.25) is 17.3 Å². The number of nitrogen functional groups attached to an aromatic ring is 1. The van der Waals surface area contributed by atoms with Gasteiger partial charge in [-0.3, -0.25) is 4.98 Å². The molecule has 0 unspecified atom stereocenters. The van der Waals surface area contributed by atoms with Gasteiger partial charge in [0.1, 0.15) is 0 Å². The average molecular weight is 258 g/mol. The quantitative estimate of drug-likeness (QED) is 0.732. The van der Waals surface area contributed by atoms with E-state index >= 15 is 0 Å². The Morgan fingerprint density at radius 1 is 1.00 bits per heavy atom. The molecule has 19 heavy (non-hydrogen) atoms. The van der Waals surface area contributed by atoms with Crippen LogP contribution in [-0.4, -0.2) is 25.4 Å². The largest absolute Gasteiger partial charge is 0.379 e. The third kappa shape index (κ3) is 2.03. The Bertz CT molecular complexity index is 712. The van der Waals surface area contributed by atoms with Crippen LogP contribution in [0.15, 0.2) is 21.3 Å². The van der Waals surface area contributed by atoms with Gasteiger partial charge in [0.15, 0.2) is 0 Å². The van der Waals surface area contributed by atoms with Gasteiger partial charge in [-0.25, -0.2) is 4.63 Å². The minimum Gasteiger partial charge on any atom is -0.379 e. The third-order valence-corrected chi connectivity index (χ3v) is 2.48. The van der Waals surface area contributed by atoms with E-state index in [0.717, 1.165) is 17.0 Å². The fourth-order valence-electron chi connectivity index (χ4n) is 1.74. The molecule has 0 saturated carbocycles. The molecule has 3 rings (SSSR count). The van der Waals surface area contributed by atoms with E-state index in [1.807, 2.05) is 26.0 Å². The molecular formula is C11H10N6O2. The Morgan fingerprint density at radius 2 is 1.74 bits per heavy atom. The van der Waals surface area contributed by atoms with Crippen molar-refractivity contribution >= 4 is 5.82 Å². The van der Waals surface area contributed by atoms with E-state index in [2.05, 4.69) is 30.1 Å². The number of hydrogen-bond acceptors (Lipinski definition) is 8. The summed E-state index contributed by atoms with van der Waals surface area (Å²) in [5.74, 6) is 0.712. The van der Waals surface area contributed by atoms with E-state index in [1.165, 1.54) is 0 Å². The van der Waals surface area contributed by atoms with Crippen LogP contribution in [0.2, 0.25) is 0 Å². The van der Waals surface area contributed by atoms with Crippen molar-refractivity contribution in [3.63, 3.8) is 0 Å². The summed E-state index contributed by atoms with van der Waals surface area (Å²) in [5.41, 5.74) is 8.37. The van der Waals surface area contributed by atoms with Gasteiger partial charge in [0, 0.05) is 17.0 Å². The van der Waals surface area contributed by atoms with E-state index in [9.17, 15) is 0 Å². The summed E-state index contributed by atoms with van der Waals surface area (Å²) in [7, 11) is 0. The Hall–Kier alpha value is -2.77. The zero-order valence-corrected chi connectivity index (χ0v) is 10.3. The molecule has 0 amide bonds. The number of hydrogen-bond donors (Lipinski definition) is 1. The van der Waals surface area contributed by atoms with Crippen LogP contribution in [0.4, 0.5) is 5.82 Å². The lowest BCUT2D eigenvalue weighted by molar-refractivity contribution is 0.308. The molecule has 8 heteroatoms. The van der Waals surface area contributed by atoms with E-state index < -0.39 is 0 Å². The summed E-state index contributed by atoms with van der Waals surface area (Å²) in [5, 5.41) is 11.0. The Balaban J connectivity index is 2.04. The summed E-state index contributed by atoms with van der Waals surface area (Å²) in [4.78, 5) is 8.51. The molecule has 96 valence electrons. The van der Waals surface area contributed by atoms with Crippen molar-refractivity contribution in [2.45, 2.75) is 13.8 Å². The van der Waals surface area contributed by atoms with Gasteiger partial charge < -0.3 is 10.3 Å². The van der Waals surface area contributed by atoms with E-state index in [0.29, 0.717) is 5.82 Å². The molecule has 0 fully saturated rings. The zero-order valence-electron chi connectivity index (χ0n) is 10.3. The molecule has 3 aromatic heterocycles. The predicted octanol–water partition coefficient (Wildman–Crippen LogP) is 1.38. The second kappa shape index (κ2) is 4.16. The first kappa shape index (κ1) is 11.3. The summed E-state index contributed by atoms with van der Waals surface area (Å²) in [6, 6.07) is 3.73. The molecular weight excluding hydrogens is 248 g/mol. The molecule has 8 nitrogen and oxygen atoms in total. The number of pyridine rings is 1. The smallest absolute Gasteiger partial charge is 0.284 e. The maximum atomic E-state index is 5.56. The van der Waals surface area contributed by atoms with Crippen LogP contribution in [0.5, 0.6) is 0 Å². The lowest BCUT2D eigenvalue weighted by atomic mass is 10.2. The van der Waals surface area contributed by atoms with Gasteiger partial charge >= 0.3 is 0 Å².